The number of para-hydroxylation sites is 2. The molecule has 0 spiro atoms. The second kappa shape index (κ2) is 13.6. The molecule has 9 nitrogen and oxygen atoms in total. The van der Waals surface area contributed by atoms with Gasteiger partial charge in [-0.1, -0.05) is 48.5 Å². The summed E-state index contributed by atoms with van der Waals surface area (Å²) in [6.07, 6.45) is 9.83. The maximum atomic E-state index is 6.72. The third-order valence-corrected chi connectivity index (χ3v) is 10.8. The van der Waals surface area contributed by atoms with Crippen molar-refractivity contribution < 1.29 is 9.47 Å². The van der Waals surface area contributed by atoms with Gasteiger partial charge in [0.05, 0.1) is 40.1 Å². The molecule has 1 aliphatic rings. The van der Waals surface area contributed by atoms with Crippen molar-refractivity contribution in [2.75, 3.05) is 18.0 Å². The summed E-state index contributed by atoms with van der Waals surface area (Å²) in [5.74, 6) is 4.81. The van der Waals surface area contributed by atoms with E-state index in [9.17, 15) is 0 Å². The number of nitrogens with zero attached hydrogens (tertiary/aromatic N) is 7. The van der Waals surface area contributed by atoms with Crippen LogP contribution in [0.3, 0.4) is 0 Å². The summed E-state index contributed by atoms with van der Waals surface area (Å²) in [6, 6.07) is 47.0. The molecule has 1 fully saturated rings. The van der Waals surface area contributed by atoms with Crippen LogP contribution in [0.5, 0.6) is 23.0 Å². The molecule has 0 N–H and O–H groups in total. The second-order valence-corrected chi connectivity index (χ2v) is 14.3. The first-order valence-electron chi connectivity index (χ1n) is 19.2. The Morgan fingerprint density at radius 3 is 1.42 bits per heavy atom. The van der Waals surface area contributed by atoms with E-state index in [-0.39, 0.29) is 0 Å². The highest BCUT2D eigenvalue weighted by atomic mass is 16.5. The standard InChI is InChI=1S/C48H35N7O2/c1-3-13-42-38(11-1)40-19-17-34(28-44(40)54(42)46-15-5-7-21-49-46)56-36-25-32(48-51-30-33(31-52-48)53-23-9-10-24-53)26-37(27-36)57-35-18-20-41-39-12-2-4-14-43(39)55(45(41)29-35)47-16-6-8-22-50-47/h1-8,11-22,25-31H,9-10,23-24H2. The molecule has 0 amide bonds. The minimum atomic E-state index is 0.588. The Morgan fingerprint density at radius 1 is 0.421 bits per heavy atom. The largest absolute Gasteiger partial charge is 0.457 e. The fourth-order valence-corrected chi connectivity index (χ4v) is 8.19. The predicted molar refractivity (Wildman–Crippen MR) is 226 cm³/mol. The molecule has 0 unspecified atom stereocenters. The quantitative estimate of drug-likeness (QED) is 0.153. The molecule has 1 saturated heterocycles. The van der Waals surface area contributed by atoms with Crippen molar-refractivity contribution in [2.45, 2.75) is 12.8 Å². The van der Waals surface area contributed by atoms with E-state index in [2.05, 4.69) is 86.8 Å². The number of aromatic nitrogens is 6. The molecule has 9 heteroatoms. The number of hydrogen-bond donors (Lipinski definition) is 0. The number of hydrogen-bond acceptors (Lipinski definition) is 7. The molecule has 5 aromatic heterocycles. The lowest BCUT2D eigenvalue weighted by atomic mass is 10.1. The predicted octanol–water partition coefficient (Wildman–Crippen LogP) is 11.3. The third-order valence-electron chi connectivity index (χ3n) is 10.8. The van der Waals surface area contributed by atoms with Crippen molar-refractivity contribution in [3.8, 4) is 46.0 Å². The molecular formula is C48H35N7O2. The van der Waals surface area contributed by atoms with Crippen LogP contribution >= 0.6 is 0 Å². The Morgan fingerprint density at radius 2 is 0.912 bits per heavy atom. The number of anilines is 1. The molecule has 11 rings (SSSR count). The summed E-state index contributed by atoms with van der Waals surface area (Å²) in [7, 11) is 0. The molecule has 0 radical (unpaired) electrons. The fourth-order valence-electron chi connectivity index (χ4n) is 8.19. The normalized spacial score (nSPS) is 12.9. The van der Waals surface area contributed by atoms with E-state index in [4.69, 9.17) is 29.4 Å². The minimum absolute atomic E-state index is 0.588. The van der Waals surface area contributed by atoms with Gasteiger partial charge in [-0.3, -0.25) is 9.13 Å². The molecule has 6 heterocycles. The minimum Gasteiger partial charge on any atom is -0.457 e. The molecule has 0 bridgehead atoms. The highest BCUT2D eigenvalue weighted by Gasteiger charge is 2.18. The summed E-state index contributed by atoms with van der Waals surface area (Å²) in [4.78, 5) is 21.4. The number of pyridine rings is 2. The van der Waals surface area contributed by atoms with Crippen LogP contribution in [0.15, 0.2) is 164 Å². The Kier molecular flexibility index (Phi) is 7.87. The lowest BCUT2D eigenvalue weighted by molar-refractivity contribution is 0.461. The highest BCUT2D eigenvalue weighted by Crippen LogP contribution is 2.39. The van der Waals surface area contributed by atoms with Gasteiger partial charge in [-0.2, -0.15) is 0 Å². The molecule has 10 aromatic rings. The van der Waals surface area contributed by atoms with E-state index in [1.54, 1.807) is 0 Å². The van der Waals surface area contributed by atoms with Crippen LogP contribution < -0.4 is 14.4 Å². The van der Waals surface area contributed by atoms with E-state index in [0.717, 1.165) is 79.6 Å². The first kappa shape index (κ1) is 32.9. The van der Waals surface area contributed by atoms with Crippen molar-refractivity contribution in [3.05, 3.63) is 164 Å². The van der Waals surface area contributed by atoms with Gasteiger partial charge in [0.15, 0.2) is 5.82 Å². The highest BCUT2D eigenvalue weighted by molar-refractivity contribution is 6.10. The van der Waals surface area contributed by atoms with Crippen molar-refractivity contribution in [2.24, 2.45) is 0 Å². The van der Waals surface area contributed by atoms with Gasteiger partial charge >= 0.3 is 0 Å². The summed E-state index contributed by atoms with van der Waals surface area (Å²) in [6.45, 7) is 2.05. The number of rotatable bonds is 8. The Bertz CT molecular complexity index is 2900. The zero-order valence-corrected chi connectivity index (χ0v) is 30.9. The van der Waals surface area contributed by atoms with Gasteiger partial charge in [-0.25, -0.2) is 19.9 Å². The van der Waals surface area contributed by atoms with Gasteiger partial charge in [-0.15, -0.1) is 0 Å². The molecule has 57 heavy (non-hydrogen) atoms. The van der Waals surface area contributed by atoms with E-state index >= 15 is 0 Å². The van der Waals surface area contributed by atoms with Crippen LogP contribution in [0.1, 0.15) is 12.8 Å². The van der Waals surface area contributed by atoms with Gasteiger partial charge in [0.25, 0.3) is 0 Å². The van der Waals surface area contributed by atoms with Crippen LogP contribution in [0.4, 0.5) is 5.69 Å². The number of fused-ring (bicyclic) bond motifs is 6. The average Bonchev–Trinajstić information content (AvgIpc) is 4.00. The molecule has 5 aromatic carbocycles. The molecule has 274 valence electrons. The zero-order chi connectivity index (χ0) is 37.7. The van der Waals surface area contributed by atoms with Crippen LogP contribution in [-0.4, -0.2) is 42.2 Å². The molecular weight excluding hydrogens is 707 g/mol. The Labute approximate surface area is 328 Å². The van der Waals surface area contributed by atoms with E-state index in [1.165, 1.54) is 12.8 Å². The lowest BCUT2D eigenvalue weighted by Crippen LogP contribution is -2.17. The lowest BCUT2D eigenvalue weighted by Gasteiger charge is -2.17. The van der Waals surface area contributed by atoms with Crippen LogP contribution in [0.25, 0.3) is 66.6 Å². The topological polar surface area (TPSA) is 83.1 Å². The SMILES string of the molecule is c1ccc(-n2c3ccccc3c3ccc(Oc4cc(Oc5ccc6c7ccccc7n(-c7ccccn7)c6c5)cc(-c5ncc(N6CCCC6)cn5)c4)cc32)nc1. The van der Waals surface area contributed by atoms with Gasteiger partial charge in [-0.05, 0) is 85.6 Å². The maximum Gasteiger partial charge on any atom is 0.159 e. The summed E-state index contributed by atoms with van der Waals surface area (Å²) >= 11 is 0. The molecule has 0 saturated carbocycles. The smallest absolute Gasteiger partial charge is 0.159 e. The first-order valence-corrected chi connectivity index (χ1v) is 19.2. The van der Waals surface area contributed by atoms with E-state index < -0.39 is 0 Å². The third kappa shape index (κ3) is 5.88. The number of benzene rings is 5. The Balaban J connectivity index is 1.01. The molecule has 0 atom stereocenters. The summed E-state index contributed by atoms with van der Waals surface area (Å²) in [5.41, 5.74) is 5.97. The van der Waals surface area contributed by atoms with Gasteiger partial charge in [0, 0.05) is 70.8 Å². The monoisotopic (exact) mass is 741 g/mol. The fraction of sp³-hybridized carbons (Fsp3) is 0.0833. The Hall–Kier alpha value is -7.52. The zero-order valence-electron chi connectivity index (χ0n) is 30.9. The van der Waals surface area contributed by atoms with Crippen LogP contribution in [0.2, 0.25) is 0 Å². The van der Waals surface area contributed by atoms with Crippen LogP contribution in [0, 0.1) is 0 Å². The second-order valence-electron chi connectivity index (χ2n) is 14.3. The van der Waals surface area contributed by atoms with E-state index in [0.29, 0.717) is 28.8 Å². The molecule has 1 aliphatic heterocycles. The molecule has 0 aliphatic carbocycles. The van der Waals surface area contributed by atoms with Gasteiger partial charge in [0.2, 0.25) is 0 Å². The van der Waals surface area contributed by atoms with Crippen molar-refractivity contribution in [1.82, 2.24) is 29.1 Å². The van der Waals surface area contributed by atoms with Gasteiger partial charge in [0.1, 0.15) is 34.6 Å². The van der Waals surface area contributed by atoms with Crippen LogP contribution in [-0.2, 0) is 0 Å². The first-order chi connectivity index (χ1) is 28.2. The van der Waals surface area contributed by atoms with Crippen molar-refractivity contribution in [3.63, 3.8) is 0 Å². The van der Waals surface area contributed by atoms with Gasteiger partial charge < -0.3 is 14.4 Å². The summed E-state index contributed by atoms with van der Waals surface area (Å²) < 4.78 is 17.8. The van der Waals surface area contributed by atoms with Crippen molar-refractivity contribution >= 4 is 49.3 Å². The maximum absolute atomic E-state index is 6.72. The average molecular weight is 742 g/mol. The number of ether oxygens (including phenoxy) is 2. The van der Waals surface area contributed by atoms with Crippen molar-refractivity contribution in [1.29, 1.82) is 0 Å². The summed E-state index contributed by atoms with van der Waals surface area (Å²) in [5, 5.41) is 4.53. The van der Waals surface area contributed by atoms with E-state index in [1.807, 2.05) is 91.5 Å².